The van der Waals surface area contributed by atoms with Crippen molar-refractivity contribution in [3.63, 3.8) is 0 Å². The van der Waals surface area contributed by atoms with Gasteiger partial charge in [-0.25, -0.2) is 0 Å². The molecule has 4 rings (SSSR count). The fraction of sp³-hybridized carbons (Fsp3) is 0.238. The number of rotatable bonds is 6. The first-order valence-corrected chi connectivity index (χ1v) is 9.17. The maximum atomic E-state index is 6.70. The molecule has 0 spiro atoms. The van der Waals surface area contributed by atoms with E-state index >= 15 is 0 Å². The molecule has 3 aromatic rings. The van der Waals surface area contributed by atoms with Gasteiger partial charge >= 0.3 is 0 Å². The summed E-state index contributed by atoms with van der Waals surface area (Å²) in [5.74, 6) is 1.27. The molecule has 1 aromatic carbocycles. The summed E-state index contributed by atoms with van der Waals surface area (Å²) in [5.41, 5.74) is 10.5. The van der Waals surface area contributed by atoms with Crippen molar-refractivity contribution >= 4 is 11.8 Å². The number of pyridine rings is 1. The van der Waals surface area contributed by atoms with E-state index in [-0.39, 0.29) is 0 Å². The first kappa shape index (κ1) is 18.2. The van der Waals surface area contributed by atoms with Gasteiger partial charge in [-0.05, 0) is 17.7 Å². The highest BCUT2D eigenvalue weighted by atomic mass is 16.5. The van der Waals surface area contributed by atoms with Gasteiger partial charge in [-0.15, -0.1) is 0 Å². The molecule has 0 radical (unpaired) electrons. The zero-order valence-electron chi connectivity index (χ0n) is 15.7. The van der Waals surface area contributed by atoms with Crippen molar-refractivity contribution in [1.82, 2.24) is 9.88 Å². The molecule has 3 N–H and O–H groups in total. The highest BCUT2D eigenvalue weighted by Gasteiger charge is 2.34. The zero-order valence-corrected chi connectivity index (χ0v) is 15.7. The third kappa shape index (κ3) is 3.62. The lowest BCUT2D eigenvalue weighted by molar-refractivity contribution is 0.207. The third-order valence-electron chi connectivity index (χ3n) is 4.66. The molecule has 0 saturated heterocycles. The number of guanidine groups is 1. The van der Waals surface area contributed by atoms with Crippen molar-refractivity contribution in [2.24, 2.45) is 10.7 Å². The molecule has 7 nitrogen and oxygen atoms in total. The quantitative estimate of drug-likeness (QED) is 0.641. The van der Waals surface area contributed by atoms with Crippen molar-refractivity contribution in [3.8, 4) is 11.1 Å². The summed E-state index contributed by atoms with van der Waals surface area (Å²) in [6.45, 7) is 1.57. The van der Waals surface area contributed by atoms with Gasteiger partial charge in [-0.2, -0.15) is 0 Å². The first-order chi connectivity index (χ1) is 13.8. The first-order valence-electron chi connectivity index (χ1n) is 9.17. The molecule has 0 aliphatic carbocycles. The molecular weight excluding hydrogens is 354 g/mol. The SMILES string of the molecule is COCCN=C1Nc2occ(-c3ccccc3)c2C(N)N1Cc1ccccn1. The Hall–Kier alpha value is -3.16. The summed E-state index contributed by atoms with van der Waals surface area (Å²) in [7, 11) is 1.66. The Bertz CT molecular complexity index is 940. The van der Waals surface area contributed by atoms with E-state index < -0.39 is 6.17 Å². The largest absolute Gasteiger partial charge is 0.447 e. The molecule has 0 fully saturated rings. The Morgan fingerprint density at radius 2 is 2.04 bits per heavy atom. The van der Waals surface area contributed by atoms with Crippen LogP contribution in [0.25, 0.3) is 11.1 Å². The molecular formula is C21H23N5O2. The van der Waals surface area contributed by atoms with E-state index in [1.54, 1.807) is 19.6 Å². The van der Waals surface area contributed by atoms with Gasteiger partial charge < -0.3 is 19.8 Å². The summed E-state index contributed by atoms with van der Waals surface area (Å²) in [4.78, 5) is 11.1. The van der Waals surface area contributed by atoms with Crippen LogP contribution in [0.5, 0.6) is 0 Å². The van der Waals surface area contributed by atoms with Gasteiger partial charge in [0.05, 0.1) is 31.0 Å². The number of ether oxygens (including phenoxy) is 1. The molecule has 28 heavy (non-hydrogen) atoms. The van der Waals surface area contributed by atoms with Crippen LogP contribution in [0.1, 0.15) is 17.4 Å². The maximum absolute atomic E-state index is 6.70. The third-order valence-corrected chi connectivity index (χ3v) is 4.66. The summed E-state index contributed by atoms with van der Waals surface area (Å²) in [6.07, 6.45) is 3.09. The number of anilines is 1. The standard InChI is InChI=1S/C21H23N5O2/c1-27-12-11-24-21-25-20-18(17(14-28-20)15-7-3-2-4-8-15)19(22)26(21)13-16-9-5-6-10-23-16/h2-10,14,19H,11-13,22H2,1H3,(H,24,25). The Morgan fingerprint density at radius 3 is 2.79 bits per heavy atom. The van der Waals surface area contributed by atoms with Crippen molar-refractivity contribution in [1.29, 1.82) is 0 Å². The molecule has 1 atom stereocenters. The lowest BCUT2D eigenvalue weighted by Crippen LogP contribution is -2.46. The summed E-state index contributed by atoms with van der Waals surface area (Å²) in [6, 6.07) is 15.9. The lowest BCUT2D eigenvalue weighted by Gasteiger charge is -2.36. The number of nitrogens with two attached hydrogens (primary N) is 1. The minimum Gasteiger partial charge on any atom is -0.447 e. The Balaban J connectivity index is 1.71. The van der Waals surface area contributed by atoms with E-state index in [1.165, 1.54) is 0 Å². The van der Waals surface area contributed by atoms with E-state index in [4.69, 9.17) is 14.9 Å². The van der Waals surface area contributed by atoms with Gasteiger partial charge in [-0.3, -0.25) is 15.3 Å². The van der Waals surface area contributed by atoms with Crippen LogP contribution < -0.4 is 11.1 Å². The number of nitrogens with zero attached hydrogens (tertiary/aromatic N) is 3. The van der Waals surface area contributed by atoms with Crippen LogP contribution in [0, 0.1) is 0 Å². The van der Waals surface area contributed by atoms with E-state index in [9.17, 15) is 0 Å². The number of benzene rings is 1. The topological polar surface area (TPSA) is 88.9 Å². The smallest absolute Gasteiger partial charge is 0.206 e. The molecule has 3 heterocycles. The Labute approximate surface area is 163 Å². The Morgan fingerprint density at radius 1 is 1.21 bits per heavy atom. The van der Waals surface area contributed by atoms with Crippen LogP contribution in [0.15, 0.2) is 70.4 Å². The fourth-order valence-electron chi connectivity index (χ4n) is 3.27. The van der Waals surface area contributed by atoms with Crippen molar-refractivity contribution in [2.45, 2.75) is 12.7 Å². The Kier molecular flexibility index (Phi) is 5.36. The monoisotopic (exact) mass is 377 g/mol. The van der Waals surface area contributed by atoms with E-state index in [0.717, 1.165) is 22.4 Å². The van der Waals surface area contributed by atoms with Crippen LogP contribution in [-0.4, -0.2) is 36.1 Å². The molecule has 1 aliphatic heterocycles. The second-order valence-electron chi connectivity index (χ2n) is 6.48. The van der Waals surface area contributed by atoms with Crippen molar-refractivity contribution in [2.75, 3.05) is 25.6 Å². The van der Waals surface area contributed by atoms with Crippen LogP contribution in [0.2, 0.25) is 0 Å². The predicted molar refractivity (Wildman–Crippen MR) is 109 cm³/mol. The highest BCUT2D eigenvalue weighted by molar-refractivity contribution is 5.97. The number of fused-ring (bicyclic) bond motifs is 1. The zero-order chi connectivity index (χ0) is 19.3. The van der Waals surface area contributed by atoms with E-state index in [0.29, 0.717) is 31.5 Å². The van der Waals surface area contributed by atoms with Crippen LogP contribution in [-0.2, 0) is 11.3 Å². The van der Waals surface area contributed by atoms with Gasteiger partial charge in [-0.1, -0.05) is 36.4 Å². The van der Waals surface area contributed by atoms with Gasteiger partial charge in [0.15, 0.2) is 0 Å². The van der Waals surface area contributed by atoms with Gasteiger partial charge in [0.1, 0.15) is 12.4 Å². The van der Waals surface area contributed by atoms with Crippen LogP contribution in [0.3, 0.4) is 0 Å². The number of nitrogens with one attached hydrogen (secondary N) is 1. The minimum absolute atomic E-state index is 0.423. The minimum atomic E-state index is -0.423. The highest BCUT2D eigenvalue weighted by Crippen LogP contribution is 2.39. The average molecular weight is 377 g/mol. The summed E-state index contributed by atoms with van der Waals surface area (Å²) < 4.78 is 10.9. The second kappa shape index (κ2) is 8.24. The number of hydrogen-bond donors (Lipinski definition) is 2. The number of furan rings is 1. The fourth-order valence-corrected chi connectivity index (χ4v) is 3.27. The molecule has 144 valence electrons. The molecule has 2 aromatic heterocycles. The van der Waals surface area contributed by atoms with Crippen LogP contribution in [0.4, 0.5) is 5.88 Å². The molecule has 0 bridgehead atoms. The number of aromatic nitrogens is 1. The van der Waals surface area contributed by atoms with Crippen molar-refractivity contribution in [3.05, 3.63) is 72.2 Å². The average Bonchev–Trinajstić information content (AvgIpc) is 3.16. The number of aliphatic imine (C=N–C) groups is 1. The number of methoxy groups -OCH3 is 1. The van der Waals surface area contributed by atoms with E-state index in [1.807, 2.05) is 53.4 Å². The molecule has 7 heteroatoms. The maximum Gasteiger partial charge on any atom is 0.206 e. The van der Waals surface area contributed by atoms with Gasteiger partial charge in [0.25, 0.3) is 0 Å². The number of hydrogen-bond acceptors (Lipinski definition) is 5. The summed E-state index contributed by atoms with van der Waals surface area (Å²) in [5, 5.41) is 3.29. The molecule has 1 unspecified atom stereocenters. The second-order valence-corrected chi connectivity index (χ2v) is 6.48. The van der Waals surface area contributed by atoms with E-state index in [2.05, 4.69) is 15.3 Å². The van der Waals surface area contributed by atoms with Crippen LogP contribution >= 0.6 is 0 Å². The molecule has 0 saturated carbocycles. The molecule has 1 aliphatic rings. The lowest BCUT2D eigenvalue weighted by atomic mass is 10.0. The normalized spacial score (nSPS) is 17.4. The summed E-state index contributed by atoms with van der Waals surface area (Å²) >= 11 is 0. The molecule has 0 amide bonds. The predicted octanol–water partition coefficient (Wildman–Crippen LogP) is 3.23. The van der Waals surface area contributed by atoms with Crippen molar-refractivity contribution < 1.29 is 9.15 Å². The van der Waals surface area contributed by atoms with Gasteiger partial charge in [0, 0.05) is 18.9 Å². The van der Waals surface area contributed by atoms with Gasteiger partial charge in [0.2, 0.25) is 11.8 Å².